The van der Waals surface area contributed by atoms with Crippen LogP contribution in [0.4, 0.5) is 17.6 Å². The molecule has 0 aliphatic heterocycles. The van der Waals surface area contributed by atoms with Crippen LogP contribution >= 0.6 is 23.2 Å². The van der Waals surface area contributed by atoms with Crippen molar-refractivity contribution in [1.29, 1.82) is 0 Å². The molecule has 2 N–H and O–H groups in total. The lowest BCUT2D eigenvalue weighted by Crippen LogP contribution is -2.27. The van der Waals surface area contributed by atoms with Crippen molar-refractivity contribution in [2.45, 2.75) is 64.5 Å². The molecule has 0 saturated heterocycles. The quantitative estimate of drug-likeness (QED) is 0.486. The molecule has 6 nitrogen and oxygen atoms in total. The molecule has 1 saturated carbocycles. The van der Waals surface area contributed by atoms with Gasteiger partial charge >= 0.3 is 0 Å². The van der Waals surface area contributed by atoms with Gasteiger partial charge in [0.2, 0.25) is 11.9 Å². The van der Waals surface area contributed by atoms with Gasteiger partial charge in [0.05, 0.1) is 6.20 Å². The van der Waals surface area contributed by atoms with Crippen molar-refractivity contribution in [2.24, 2.45) is 0 Å². The number of anilines is 3. The van der Waals surface area contributed by atoms with Gasteiger partial charge in [-0.15, -0.1) is 0 Å². The Hall–Kier alpha value is -2.05. The average Bonchev–Trinajstić information content (AvgIpc) is 2.97. The topological polar surface area (TPSA) is 67.7 Å². The van der Waals surface area contributed by atoms with Crippen molar-refractivity contribution in [3.05, 3.63) is 34.4 Å². The molecule has 0 radical (unpaired) electrons. The van der Waals surface area contributed by atoms with Gasteiger partial charge in [-0.3, -0.25) is 4.57 Å². The molecule has 2 aromatic heterocycles. The number of hydrogen-bond donors (Lipinski definition) is 2. The van der Waals surface area contributed by atoms with E-state index in [0.29, 0.717) is 22.0 Å². The van der Waals surface area contributed by atoms with E-state index in [-0.39, 0.29) is 5.54 Å². The molecule has 1 fully saturated rings. The second-order valence-corrected chi connectivity index (χ2v) is 9.53. The minimum atomic E-state index is -0.123. The number of fused-ring (bicyclic) bond motifs is 1. The highest BCUT2D eigenvalue weighted by molar-refractivity contribution is 6.35. The van der Waals surface area contributed by atoms with Crippen molar-refractivity contribution in [3.8, 4) is 0 Å². The fraction of sp³-hybridized carbons (Fsp3) is 0.476. The van der Waals surface area contributed by atoms with Crippen LogP contribution in [-0.4, -0.2) is 25.1 Å². The van der Waals surface area contributed by atoms with Crippen molar-refractivity contribution in [3.63, 3.8) is 0 Å². The zero-order valence-corrected chi connectivity index (χ0v) is 18.5. The van der Waals surface area contributed by atoms with Crippen LogP contribution in [0.25, 0.3) is 11.2 Å². The average molecular weight is 433 g/mol. The first-order chi connectivity index (χ1) is 13.8. The summed E-state index contributed by atoms with van der Waals surface area (Å²) < 4.78 is 2.22. The Balaban J connectivity index is 1.79. The van der Waals surface area contributed by atoms with Gasteiger partial charge in [0, 0.05) is 27.3 Å². The number of nitrogens with zero attached hydrogens (tertiary/aromatic N) is 4. The molecule has 154 valence electrons. The van der Waals surface area contributed by atoms with Crippen LogP contribution in [0.5, 0.6) is 0 Å². The molecule has 0 spiro atoms. The standard InChI is InChI=1S/C21H26Cl2N6/c1-21(2,3)28-19-24-12-17-18(27-19)29(16-7-5-4-6-8-16)20(26-17)25-15-10-13(22)9-14(23)11-15/h9-12,16H,4-8H2,1-3H3,(H,25,26)(H,24,27,28). The molecule has 0 bridgehead atoms. The first-order valence-corrected chi connectivity index (χ1v) is 10.8. The van der Waals surface area contributed by atoms with Crippen LogP contribution in [0.2, 0.25) is 10.0 Å². The van der Waals surface area contributed by atoms with E-state index in [1.165, 1.54) is 19.3 Å². The van der Waals surface area contributed by atoms with Crippen LogP contribution < -0.4 is 10.6 Å². The fourth-order valence-electron chi connectivity index (χ4n) is 3.81. The maximum atomic E-state index is 6.18. The Bertz CT molecular complexity index is 998. The van der Waals surface area contributed by atoms with E-state index in [9.17, 15) is 0 Å². The summed E-state index contributed by atoms with van der Waals surface area (Å²) in [6, 6.07) is 5.75. The number of halogens is 2. The smallest absolute Gasteiger partial charge is 0.225 e. The molecular weight excluding hydrogens is 407 g/mol. The van der Waals surface area contributed by atoms with Crippen LogP contribution in [0.3, 0.4) is 0 Å². The molecule has 0 unspecified atom stereocenters. The summed E-state index contributed by atoms with van der Waals surface area (Å²) in [6.45, 7) is 6.28. The molecular formula is C21H26Cl2N6. The third-order valence-corrected chi connectivity index (χ3v) is 5.41. The molecule has 1 aliphatic carbocycles. The zero-order chi connectivity index (χ0) is 20.6. The lowest BCUT2D eigenvalue weighted by atomic mass is 9.95. The van der Waals surface area contributed by atoms with E-state index in [2.05, 4.69) is 41.0 Å². The minimum absolute atomic E-state index is 0.123. The van der Waals surface area contributed by atoms with Gasteiger partial charge in [0.25, 0.3) is 0 Å². The predicted octanol–water partition coefficient (Wildman–Crippen LogP) is 6.59. The van der Waals surface area contributed by atoms with E-state index < -0.39 is 0 Å². The maximum Gasteiger partial charge on any atom is 0.225 e. The Morgan fingerprint density at radius 1 is 1.00 bits per heavy atom. The summed E-state index contributed by atoms with van der Waals surface area (Å²) in [5.74, 6) is 1.35. The first-order valence-electron chi connectivity index (χ1n) is 10.0. The van der Waals surface area contributed by atoms with Gasteiger partial charge in [-0.05, 0) is 51.8 Å². The van der Waals surface area contributed by atoms with Gasteiger partial charge < -0.3 is 10.6 Å². The lowest BCUT2D eigenvalue weighted by molar-refractivity contribution is 0.361. The predicted molar refractivity (Wildman–Crippen MR) is 121 cm³/mol. The number of rotatable bonds is 4. The highest BCUT2D eigenvalue weighted by Crippen LogP contribution is 2.35. The fourth-order valence-corrected chi connectivity index (χ4v) is 4.34. The highest BCUT2D eigenvalue weighted by atomic mass is 35.5. The molecule has 1 aliphatic rings. The van der Waals surface area contributed by atoms with Crippen LogP contribution in [0.15, 0.2) is 24.4 Å². The van der Waals surface area contributed by atoms with E-state index in [0.717, 1.165) is 35.6 Å². The molecule has 2 heterocycles. The SMILES string of the molecule is CC(C)(C)Nc1ncc2nc(Nc3cc(Cl)cc(Cl)c3)n(C3CCCCC3)c2n1. The number of hydrogen-bond acceptors (Lipinski definition) is 5. The highest BCUT2D eigenvalue weighted by Gasteiger charge is 2.24. The molecule has 3 aromatic rings. The van der Waals surface area contributed by atoms with Gasteiger partial charge in [-0.25, -0.2) is 9.97 Å². The largest absolute Gasteiger partial charge is 0.350 e. The van der Waals surface area contributed by atoms with E-state index in [1.807, 2.05) is 12.1 Å². The second kappa shape index (κ2) is 8.00. The van der Waals surface area contributed by atoms with E-state index >= 15 is 0 Å². The first kappa shape index (κ1) is 20.2. The third kappa shape index (κ3) is 4.75. The summed E-state index contributed by atoms with van der Waals surface area (Å²) >= 11 is 12.4. The number of imidazole rings is 1. The Labute approximate surface area is 181 Å². The summed E-state index contributed by atoms with van der Waals surface area (Å²) in [5, 5.41) is 7.92. The van der Waals surface area contributed by atoms with Crippen LogP contribution in [0, 0.1) is 0 Å². The van der Waals surface area contributed by atoms with Crippen molar-refractivity contribution in [2.75, 3.05) is 10.6 Å². The van der Waals surface area contributed by atoms with E-state index in [1.54, 1.807) is 12.3 Å². The molecule has 0 atom stereocenters. The molecule has 4 rings (SSSR count). The molecule has 0 amide bonds. The summed E-state index contributed by atoms with van der Waals surface area (Å²) in [5.41, 5.74) is 2.29. The van der Waals surface area contributed by atoms with Gasteiger partial charge in [0.1, 0.15) is 5.52 Å². The Kier molecular flexibility index (Phi) is 5.58. The molecule has 8 heteroatoms. The number of benzene rings is 1. The summed E-state index contributed by atoms with van der Waals surface area (Å²) in [6.07, 6.45) is 7.72. The lowest BCUT2D eigenvalue weighted by Gasteiger charge is -2.25. The van der Waals surface area contributed by atoms with E-state index in [4.69, 9.17) is 33.2 Å². The summed E-state index contributed by atoms with van der Waals surface area (Å²) in [4.78, 5) is 14.1. The molecule has 29 heavy (non-hydrogen) atoms. The summed E-state index contributed by atoms with van der Waals surface area (Å²) in [7, 11) is 0. The normalized spacial score (nSPS) is 15.6. The minimum Gasteiger partial charge on any atom is -0.350 e. The second-order valence-electron chi connectivity index (χ2n) is 8.66. The Morgan fingerprint density at radius 2 is 1.69 bits per heavy atom. The third-order valence-electron chi connectivity index (χ3n) is 4.98. The maximum absolute atomic E-state index is 6.18. The van der Waals surface area contributed by atoms with Crippen LogP contribution in [0.1, 0.15) is 58.9 Å². The van der Waals surface area contributed by atoms with Crippen molar-refractivity contribution in [1.82, 2.24) is 19.5 Å². The number of nitrogens with one attached hydrogen (secondary N) is 2. The van der Waals surface area contributed by atoms with Crippen molar-refractivity contribution >= 4 is 51.9 Å². The van der Waals surface area contributed by atoms with Crippen LogP contribution in [-0.2, 0) is 0 Å². The van der Waals surface area contributed by atoms with Gasteiger partial charge in [-0.2, -0.15) is 4.98 Å². The van der Waals surface area contributed by atoms with Gasteiger partial charge in [0.15, 0.2) is 5.65 Å². The number of aromatic nitrogens is 4. The zero-order valence-electron chi connectivity index (χ0n) is 17.0. The monoisotopic (exact) mass is 432 g/mol. The molecule has 1 aromatic carbocycles. The Morgan fingerprint density at radius 3 is 2.34 bits per heavy atom. The van der Waals surface area contributed by atoms with Crippen molar-refractivity contribution < 1.29 is 0 Å². The van der Waals surface area contributed by atoms with Gasteiger partial charge in [-0.1, -0.05) is 42.5 Å².